The van der Waals surface area contributed by atoms with Crippen LogP contribution in [0.4, 0.5) is 5.69 Å². The maximum Gasteiger partial charge on any atom is 0.326 e. The number of carbonyl (C=O) groups is 3. The van der Waals surface area contributed by atoms with Gasteiger partial charge in [0.25, 0.3) is 5.91 Å². The molecule has 0 aliphatic heterocycles. The summed E-state index contributed by atoms with van der Waals surface area (Å²) in [7, 11) is 0. The summed E-state index contributed by atoms with van der Waals surface area (Å²) in [6, 6.07) is 5.38. The molecule has 0 aromatic heterocycles. The summed E-state index contributed by atoms with van der Waals surface area (Å²) >= 11 is 0. The molecule has 3 N–H and O–H groups in total. The van der Waals surface area contributed by atoms with Gasteiger partial charge in [-0.2, -0.15) is 0 Å². The smallest absolute Gasteiger partial charge is 0.326 e. The SMILES string of the molecule is C=CCCC[C@@H](NC(=O)c1cccc(NC(C)=O)c1)C(=O)O. The lowest BCUT2D eigenvalue weighted by atomic mass is 10.1. The molecular weight excluding hydrogens is 284 g/mol. The Bertz CT molecular complexity index is 569. The summed E-state index contributed by atoms with van der Waals surface area (Å²) in [5.74, 6) is -1.81. The number of hydrogen-bond donors (Lipinski definition) is 3. The van der Waals surface area contributed by atoms with Gasteiger partial charge in [-0.3, -0.25) is 9.59 Å². The normalized spacial score (nSPS) is 11.3. The minimum absolute atomic E-state index is 0.245. The molecule has 0 unspecified atom stereocenters. The fourth-order valence-corrected chi connectivity index (χ4v) is 1.91. The Labute approximate surface area is 129 Å². The number of anilines is 1. The first-order valence-electron chi connectivity index (χ1n) is 6.96. The Morgan fingerprint density at radius 3 is 2.68 bits per heavy atom. The molecule has 6 nitrogen and oxygen atoms in total. The number of allylic oxidation sites excluding steroid dienone is 1. The zero-order chi connectivity index (χ0) is 16.5. The standard InChI is InChI=1S/C16H20N2O4/c1-3-4-5-9-14(16(21)22)18-15(20)12-7-6-8-13(10-12)17-11(2)19/h3,6-8,10,14H,1,4-5,9H2,2H3,(H,17,19)(H,18,20)(H,21,22)/t14-/m1/s1. The van der Waals surface area contributed by atoms with Crippen molar-refractivity contribution in [1.29, 1.82) is 0 Å². The zero-order valence-electron chi connectivity index (χ0n) is 12.5. The topological polar surface area (TPSA) is 95.5 Å². The van der Waals surface area contributed by atoms with Crippen molar-refractivity contribution in [2.45, 2.75) is 32.2 Å². The van der Waals surface area contributed by atoms with Crippen molar-refractivity contribution in [2.24, 2.45) is 0 Å². The zero-order valence-corrected chi connectivity index (χ0v) is 12.5. The summed E-state index contributed by atoms with van der Waals surface area (Å²) in [6.45, 7) is 4.94. The summed E-state index contributed by atoms with van der Waals surface area (Å²) in [5, 5.41) is 14.2. The number of hydrogen-bond acceptors (Lipinski definition) is 3. The van der Waals surface area contributed by atoms with Crippen LogP contribution in [0.15, 0.2) is 36.9 Å². The number of carboxylic acid groups (broad SMARTS) is 1. The molecule has 118 valence electrons. The summed E-state index contributed by atoms with van der Waals surface area (Å²) in [6.07, 6.45) is 3.36. The molecule has 2 amide bonds. The minimum Gasteiger partial charge on any atom is -0.480 e. The summed E-state index contributed by atoms with van der Waals surface area (Å²) in [5.41, 5.74) is 0.778. The molecule has 0 heterocycles. The molecule has 1 atom stereocenters. The third kappa shape index (κ3) is 5.78. The Morgan fingerprint density at radius 1 is 1.36 bits per heavy atom. The first kappa shape index (κ1) is 17.4. The van der Waals surface area contributed by atoms with E-state index in [1.807, 2.05) is 0 Å². The van der Waals surface area contributed by atoms with E-state index in [2.05, 4.69) is 17.2 Å². The van der Waals surface area contributed by atoms with Crippen molar-refractivity contribution >= 4 is 23.5 Å². The number of amides is 2. The van der Waals surface area contributed by atoms with Gasteiger partial charge >= 0.3 is 5.97 Å². The van der Waals surface area contributed by atoms with E-state index in [0.29, 0.717) is 30.5 Å². The molecule has 1 rings (SSSR count). The molecule has 0 spiro atoms. The van der Waals surface area contributed by atoms with Crippen LogP contribution in [0.2, 0.25) is 0 Å². The second-order valence-corrected chi connectivity index (χ2v) is 4.85. The fourth-order valence-electron chi connectivity index (χ4n) is 1.91. The molecule has 1 aromatic rings. The third-order valence-electron chi connectivity index (χ3n) is 2.95. The van der Waals surface area contributed by atoms with Crippen LogP contribution in [-0.4, -0.2) is 28.9 Å². The van der Waals surface area contributed by atoms with Gasteiger partial charge in [0, 0.05) is 18.2 Å². The first-order chi connectivity index (χ1) is 10.4. The van der Waals surface area contributed by atoms with Crippen molar-refractivity contribution in [3.05, 3.63) is 42.5 Å². The first-order valence-corrected chi connectivity index (χ1v) is 6.96. The molecule has 22 heavy (non-hydrogen) atoms. The maximum atomic E-state index is 12.1. The average Bonchev–Trinajstić information content (AvgIpc) is 2.45. The monoisotopic (exact) mass is 304 g/mol. The third-order valence-corrected chi connectivity index (χ3v) is 2.95. The van der Waals surface area contributed by atoms with Crippen molar-refractivity contribution in [3.8, 4) is 0 Å². The van der Waals surface area contributed by atoms with Gasteiger partial charge in [0.05, 0.1) is 0 Å². The van der Waals surface area contributed by atoms with Gasteiger partial charge in [-0.15, -0.1) is 6.58 Å². The molecule has 0 radical (unpaired) electrons. The highest BCUT2D eigenvalue weighted by molar-refractivity contribution is 5.98. The lowest BCUT2D eigenvalue weighted by molar-refractivity contribution is -0.139. The largest absolute Gasteiger partial charge is 0.480 e. The van der Waals surface area contributed by atoms with E-state index < -0.39 is 17.9 Å². The van der Waals surface area contributed by atoms with Crippen molar-refractivity contribution < 1.29 is 19.5 Å². The fraction of sp³-hybridized carbons (Fsp3) is 0.312. The second-order valence-electron chi connectivity index (χ2n) is 4.85. The van der Waals surface area contributed by atoms with E-state index in [9.17, 15) is 14.4 Å². The maximum absolute atomic E-state index is 12.1. The number of unbranched alkanes of at least 4 members (excludes halogenated alkanes) is 1. The van der Waals surface area contributed by atoms with Crippen LogP contribution < -0.4 is 10.6 Å². The molecule has 0 bridgehead atoms. The van der Waals surface area contributed by atoms with Crippen LogP contribution in [-0.2, 0) is 9.59 Å². The average molecular weight is 304 g/mol. The second kappa shape index (κ2) is 8.61. The van der Waals surface area contributed by atoms with Gasteiger partial charge in [-0.25, -0.2) is 4.79 Å². The number of carboxylic acids is 1. The Kier molecular flexibility index (Phi) is 6.82. The number of benzene rings is 1. The van der Waals surface area contributed by atoms with Gasteiger partial charge in [0.1, 0.15) is 6.04 Å². The number of nitrogens with one attached hydrogen (secondary N) is 2. The molecule has 0 fully saturated rings. The van der Waals surface area contributed by atoms with E-state index in [-0.39, 0.29) is 5.91 Å². The lowest BCUT2D eigenvalue weighted by Crippen LogP contribution is -2.40. The van der Waals surface area contributed by atoms with Crippen LogP contribution >= 0.6 is 0 Å². The van der Waals surface area contributed by atoms with Crippen LogP contribution in [0.5, 0.6) is 0 Å². The lowest BCUT2D eigenvalue weighted by Gasteiger charge is -2.14. The van der Waals surface area contributed by atoms with Crippen molar-refractivity contribution in [3.63, 3.8) is 0 Å². The van der Waals surface area contributed by atoms with Gasteiger partial charge in [0.15, 0.2) is 0 Å². The molecular formula is C16H20N2O4. The van der Waals surface area contributed by atoms with Crippen molar-refractivity contribution in [1.82, 2.24) is 5.32 Å². The molecule has 0 saturated carbocycles. The van der Waals surface area contributed by atoms with E-state index >= 15 is 0 Å². The van der Waals surface area contributed by atoms with Gasteiger partial charge in [-0.1, -0.05) is 12.1 Å². The molecule has 1 aromatic carbocycles. The van der Waals surface area contributed by atoms with Crippen LogP contribution in [0.3, 0.4) is 0 Å². The van der Waals surface area contributed by atoms with Crippen LogP contribution in [0.25, 0.3) is 0 Å². The predicted molar refractivity (Wildman–Crippen MR) is 83.7 cm³/mol. The van der Waals surface area contributed by atoms with Gasteiger partial charge < -0.3 is 15.7 Å². The number of aliphatic carboxylic acids is 1. The highest BCUT2D eigenvalue weighted by Gasteiger charge is 2.20. The Hall–Kier alpha value is -2.63. The van der Waals surface area contributed by atoms with Crippen LogP contribution in [0.1, 0.15) is 36.5 Å². The highest BCUT2D eigenvalue weighted by Crippen LogP contribution is 2.11. The van der Waals surface area contributed by atoms with E-state index in [1.165, 1.54) is 13.0 Å². The van der Waals surface area contributed by atoms with E-state index in [4.69, 9.17) is 5.11 Å². The predicted octanol–water partition coefficient (Wildman–Crippen LogP) is 2.18. The Morgan fingerprint density at radius 2 is 2.09 bits per heavy atom. The summed E-state index contributed by atoms with van der Waals surface area (Å²) in [4.78, 5) is 34.3. The number of rotatable bonds is 8. The molecule has 0 saturated heterocycles. The van der Waals surface area contributed by atoms with Crippen molar-refractivity contribution in [2.75, 3.05) is 5.32 Å². The summed E-state index contributed by atoms with van der Waals surface area (Å²) < 4.78 is 0. The molecule has 6 heteroatoms. The quantitative estimate of drug-likeness (QED) is 0.506. The van der Waals surface area contributed by atoms with E-state index in [1.54, 1.807) is 24.3 Å². The van der Waals surface area contributed by atoms with Gasteiger partial charge in [0.2, 0.25) is 5.91 Å². The minimum atomic E-state index is -1.07. The number of carbonyl (C=O) groups excluding carboxylic acids is 2. The van der Waals surface area contributed by atoms with Crippen LogP contribution in [0, 0.1) is 0 Å². The molecule has 0 aliphatic rings. The van der Waals surface area contributed by atoms with Gasteiger partial charge in [-0.05, 0) is 37.5 Å². The molecule has 0 aliphatic carbocycles. The highest BCUT2D eigenvalue weighted by atomic mass is 16.4. The van der Waals surface area contributed by atoms with E-state index in [0.717, 1.165) is 0 Å². The Balaban J connectivity index is 2.74.